The van der Waals surface area contributed by atoms with Crippen LogP contribution in [0, 0.1) is 0 Å². The normalized spacial score (nSPS) is 17.7. The van der Waals surface area contributed by atoms with Crippen LogP contribution >= 0.6 is 0 Å². The van der Waals surface area contributed by atoms with E-state index >= 15 is 0 Å². The molecule has 1 aromatic carbocycles. The third-order valence-corrected chi connectivity index (χ3v) is 3.24. The number of carbonyl (C=O) groups is 1. The molecule has 1 fully saturated rings. The molecule has 1 atom stereocenters. The van der Waals surface area contributed by atoms with Gasteiger partial charge in [0.05, 0.1) is 6.04 Å². The molecule has 1 aromatic rings. The van der Waals surface area contributed by atoms with E-state index in [9.17, 15) is 4.79 Å². The molecule has 0 unspecified atom stereocenters. The summed E-state index contributed by atoms with van der Waals surface area (Å²) in [5.74, 6) is 0.0342. The Hall–Kier alpha value is -1.75. The fourth-order valence-electron chi connectivity index (χ4n) is 2.16. The van der Waals surface area contributed by atoms with Gasteiger partial charge in [0, 0.05) is 37.6 Å². The molecule has 2 rings (SSSR count). The molecule has 0 aromatic heterocycles. The molecule has 0 saturated carbocycles. The Labute approximate surface area is 107 Å². The molecular formula is C13H20N4O. The van der Waals surface area contributed by atoms with Gasteiger partial charge in [0.25, 0.3) is 0 Å². The summed E-state index contributed by atoms with van der Waals surface area (Å²) in [6.07, 6.45) is 0. The van der Waals surface area contributed by atoms with Crippen LogP contribution in [0.4, 0.5) is 11.4 Å². The molecule has 0 bridgehead atoms. The Morgan fingerprint density at radius 2 is 1.72 bits per heavy atom. The lowest BCUT2D eigenvalue weighted by Gasteiger charge is -2.36. The summed E-state index contributed by atoms with van der Waals surface area (Å²) in [6.45, 7) is 4.86. The zero-order chi connectivity index (χ0) is 13.1. The molecule has 0 spiro atoms. The van der Waals surface area contributed by atoms with Crippen molar-refractivity contribution < 1.29 is 4.79 Å². The van der Waals surface area contributed by atoms with Crippen molar-refractivity contribution in [3.8, 4) is 0 Å². The van der Waals surface area contributed by atoms with Gasteiger partial charge in [0.15, 0.2) is 0 Å². The molecule has 98 valence electrons. The number of anilines is 2. The van der Waals surface area contributed by atoms with Gasteiger partial charge in [-0.1, -0.05) is 0 Å². The highest BCUT2D eigenvalue weighted by Gasteiger charge is 2.22. The lowest BCUT2D eigenvalue weighted by molar-refractivity contribution is -0.132. The Kier molecular flexibility index (Phi) is 3.72. The molecule has 18 heavy (non-hydrogen) atoms. The number of nitrogens with two attached hydrogens (primary N) is 2. The van der Waals surface area contributed by atoms with Crippen molar-refractivity contribution in [3.63, 3.8) is 0 Å². The minimum Gasteiger partial charge on any atom is -0.399 e. The standard InChI is InChI=1S/C13H20N4O/c1-10(14)13(18)17-8-6-16(7-9-17)12-4-2-11(15)3-5-12/h2-5,10H,6-9,14-15H2,1H3/t10-/m0/s1. The molecule has 1 heterocycles. The predicted molar refractivity (Wildman–Crippen MR) is 73.3 cm³/mol. The van der Waals surface area contributed by atoms with Gasteiger partial charge in [-0.15, -0.1) is 0 Å². The summed E-state index contributed by atoms with van der Waals surface area (Å²) in [4.78, 5) is 15.8. The van der Waals surface area contributed by atoms with Crippen LogP contribution in [-0.2, 0) is 4.79 Å². The fourth-order valence-corrected chi connectivity index (χ4v) is 2.16. The van der Waals surface area contributed by atoms with Gasteiger partial charge in [-0.05, 0) is 31.2 Å². The zero-order valence-corrected chi connectivity index (χ0v) is 10.7. The first-order valence-corrected chi connectivity index (χ1v) is 6.23. The van der Waals surface area contributed by atoms with Gasteiger partial charge in [-0.25, -0.2) is 0 Å². The summed E-state index contributed by atoms with van der Waals surface area (Å²) in [5.41, 5.74) is 13.2. The maximum Gasteiger partial charge on any atom is 0.239 e. The highest BCUT2D eigenvalue weighted by molar-refractivity contribution is 5.81. The second-order valence-electron chi connectivity index (χ2n) is 4.69. The summed E-state index contributed by atoms with van der Waals surface area (Å²) in [6, 6.07) is 7.41. The molecule has 1 amide bonds. The monoisotopic (exact) mass is 248 g/mol. The van der Waals surface area contributed by atoms with E-state index < -0.39 is 6.04 Å². The molecule has 1 aliphatic heterocycles. The number of hydrogen-bond acceptors (Lipinski definition) is 4. The van der Waals surface area contributed by atoms with E-state index in [4.69, 9.17) is 11.5 Å². The number of hydrogen-bond donors (Lipinski definition) is 2. The number of amides is 1. The third kappa shape index (κ3) is 2.73. The Bertz CT molecular complexity index is 408. The van der Waals surface area contributed by atoms with Crippen LogP contribution in [0.2, 0.25) is 0 Å². The highest BCUT2D eigenvalue weighted by Crippen LogP contribution is 2.18. The van der Waals surface area contributed by atoms with Crippen LogP contribution in [0.25, 0.3) is 0 Å². The maximum atomic E-state index is 11.8. The lowest BCUT2D eigenvalue weighted by Crippen LogP contribution is -2.52. The Balaban J connectivity index is 1.94. The van der Waals surface area contributed by atoms with Gasteiger partial charge in [-0.2, -0.15) is 0 Å². The first-order valence-electron chi connectivity index (χ1n) is 6.23. The first-order chi connectivity index (χ1) is 8.58. The number of benzene rings is 1. The fraction of sp³-hybridized carbons (Fsp3) is 0.462. The molecule has 5 nitrogen and oxygen atoms in total. The highest BCUT2D eigenvalue weighted by atomic mass is 16.2. The average molecular weight is 248 g/mol. The second-order valence-corrected chi connectivity index (χ2v) is 4.69. The van der Waals surface area contributed by atoms with Gasteiger partial charge < -0.3 is 21.3 Å². The van der Waals surface area contributed by atoms with Crippen molar-refractivity contribution in [2.45, 2.75) is 13.0 Å². The summed E-state index contributed by atoms with van der Waals surface area (Å²) < 4.78 is 0. The van der Waals surface area contributed by atoms with Gasteiger partial charge in [-0.3, -0.25) is 4.79 Å². The van der Waals surface area contributed by atoms with Crippen LogP contribution in [0.15, 0.2) is 24.3 Å². The number of nitrogens with zero attached hydrogens (tertiary/aromatic N) is 2. The van der Waals surface area contributed by atoms with Crippen LogP contribution < -0.4 is 16.4 Å². The first kappa shape index (κ1) is 12.7. The molecule has 0 aliphatic carbocycles. The summed E-state index contributed by atoms with van der Waals surface area (Å²) in [7, 11) is 0. The van der Waals surface area contributed by atoms with Crippen molar-refractivity contribution >= 4 is 17.3 Å². The van der Waals surface area contributed by atoms with Crippen molar-refractivity contribution in [1.82, 2.24) is 4.90 Å². The third-order valence-electron chi connectivity index (χ3n) is 3.24. The van der Waals surface area contributed by atoms with E-state index in [2.05, 4.69) is 4.90 Å². The Morgan fingerprint density at radius 3 is 2.22 bits per heavy atom. The van der Waals surface area contributed by atoms with Gasteiger partial charge >= 0.3 is 0 Å². The number of rotatable bonds is 2. The zero-order valence-electron chi connectivity index (χ0n) is 10.7. The van der Waals surface area contributed by atoms with Crippen molar-refractivity contribution in [3.05, 3.63) is 24.3 Å². The molecule has 4 N–H and O–H groups in total. The van der Waals surface area contributed by atoms with E-state index in [0.29, 0.717) is 0 Å². The molecule has 0 radical (unpaired) electrons. The number of carbonyl (C=O) groups excluding carboxylic acids is 1. The number of nitrogen functional groups attached to an aromatic ring is 1. The van der Waals surface area contributed by atoms with E-state index in [1.807, 2.05) is 29.2 Å². The van der Waals surface area contributed by atoms with E-state index in [1.165, 1.54) is 0 Å². The summed E-state index contributed by atoms with van der Waals surface area (Å²) in [5, 5.41) is 0. The maximum absolute atomic E-state index is 11.8. The quantitative estimate of drug-likeness (QED) is 0.736. The molecule has 1 aliphatic rings. The largest absolute Gasteiger partial charge is 0.399 e. The van der Waals surface area contributed by atoms with Crippen molar-refractivity contribution in [2.75, 3.05) is 36.8 Å². The van der Waals surface area contributed by atoms with Gasteiger partial charge in [0.2, 0.25) is 5.91 Å². The lowest BCUT2D eigenvalue weighted by atomic mass is 10.2. The predicted octanol–water partition coefficient (Wildman–Crippen LogP) is 0.265. The minimum absolute atomic E-state index is 0.0342. The second kappa shape index (κ2) is 5.27. The van der Waals surface area contributed by atoms with Crippen molar-refractivity contribution in [2.24, 2.45) is 5.73 Å². The van der Waals surface area contributed by atoms with Crippen LogP contribution in [0.1, 0.15) is 6.92 Å². The van der Waals surface area contributed by atoms with E-state index in [-0.39, 0.29) is 5.91 Å². The van der Waals surface area contributed by atoms with Gasteiger partial charge in [0.1, 0.15) is 0 Å². The minimum atomic E-state index is -0.409. The topological polar surface area (TPSA) is 75.6 Å². The molecular weight excluding hydrogens is 228 g/mol. The SMILES string of the molecule is C[C@H](N)C(=O)N1CCN(c2ccc(N)cc2)CC1. The van der Waals surface area contributed by atoms with Crippen LogP contribution in [-0.4, -0.2) is 43.0 Å². The number of piperazine rings is 1. The van der Waals surface area contributed by atoms with E-state index in [1.54, 1.807) is 6.92 Å². The smallest absolute Gasteiger partial charge is 0.239 e. The average Bonchev–Trinajstić information content (AvgIpc) is 2.39. The Morgan fingerprint density at radius 1 is 1.17 bits per heavy atom. The summed E-state index contributed by atoms with van der Waals surface area (Å²) >= 11 is 0. The molecule has 1 saturated heterocycles. The van der Waals surface area contributed by atoms with Crippen LogP contribution in [0.5, 0.6) is 0 Å². The molecule has 5 heteroatoms. The van der Waals surface area contributed by atoms with Crippen LogP contribution in [0.3, 0.4) is 0 Å². The van der Waals surface area contributed by atoms with Crippen molar-refractivity contribution in [1.29, 1.82) is 0 Å². The van der Waals surface area contributed by atoms with E-state index in [0.717, 1.165) is 37.6 Å².